The Balaban J connectivity index is 3.38. The van der Waals surface area contributed by atoms with E-state index in [4.69, 9.17) is 28.3 Å². The van der Waals surface area contributed by atoms with Gasteiger partial charge in [-0.2, -0.15) is 0 Å². The minimum Gasteiger partial charge on any atom is -0.481 e. The number of halogens is 2. The van der Waals surface area contributed by atoms with Crippen LogP contribution in [0.2, 0.25) is 10.0 Å². The Morgan fingerprint density at radius 3 is 2.07 bits per heavy atom. The summed E-state index contributed by atoms with van der Waals surface area (Å²) in [5, 5.41) is 9.79. The van der Waals surface area contributed by atoms with Crippen LogP contribution in [-0.2, 0) is 10.2 Å². The maximum Gasteiger partial charge on any atom is 0.313 e. The molecular weight excluding hydrogens is 223 g/mol. The van der Waals surface area contributed by atoms with E-state index in [2.05, 4.69) is 0 Å². The lowest BCUT2D eigenvalue weighted by molar-refractivity contribution is -0.142. The van der Waals surface area contributed by atoms with Crippen LogP contribution >= 0.6 is 23.2 Å². The molecule has 1 aromatic rings. The highest BCUT2D eigenvalue weighted by Gasteiger charge is 2.33. The summed E-state index contributed by atoms with van der Waals surface area (Å²) in [6.07, 6.45) is 0. The fraction of sp³-hybridized carbons (Fsp3) is 0.300. The SMILES string of the molecule is CC(C)(C(=O)O)c1c(Cl)cccc1Cl. The van der Waals surface area contributed by atoms with Gasteiger partial charge in [0.2, 0.25) is 0 Å². The molecule has 0 unspecified atom stereocenters. The Labute approximate surface area is 92.5 Å². The molecule has 0 aromatic heterocycles. The van der Waals surface area contributed by atoms with Gasteiger partial charge < -0.3 is 5.11 Å². The van der Waals surface area contributed by atoms with E-state index in [1.54, 1.807) is 32.0 Å². The summed E-state index contributed by atoms with van der Waals surface area (Å²) < 4.78 is 0. The van der Waals surface area contributed by atoms with E-state index in [1.165, 1.54) is 0 Å². The van der Waals surface area contributed by atoms with Crippen LogP contribution in [0.15, 0.2) is 18.2 Å². The normalized spacial score (nSPS) is 11.4. The second kappa shape index (κ2) is 3.79. The molecule has 0 aliphatic rings. The number of benzene rings is 1. The van der Waals surface area contributed by atoms with Crippen molar-refractivity contribution in [2.75, 3.05) is 0 Å². The van der Waals surface area contributed by atoms with E-state index in [0.29, 0.717) is 15.6 Å². The lowest BCUT2D eigenvalue weighted by atomic mass is 9.85. The number of carboxylic acids is 1. The van der Waals surface area contributed by atoms with Gasteiger partial charge in [-0.25, -0.2) is 0 Å². The molecule has 0 bridgehead atoms. The molecule has 0 heterocycles. The van der Waals surface area contributed by atoms with Gasteiger partial charge in [0.15, 0.2) is 0 Å². The first-order chi connectivity index (χ1) is 6.37. The first kappa shape index (κ1) is 11.3. The van der Waals surface area contributed by atoms with Gasteiger partial charge in [-0.05, 0) is 26.0 Å². The second-order valence-corrected chi connectivity index (χ2v) is 4.34. The van der Waals surface area contributed by atoms with Crippen LogP contribution in [0.25, 0.3) is 0 Å². The lowest BCUT2D eigenvalue weighted by Crippen LogP contribution is -2.29. The first-order valence-corrected chi connectivity index (χ1v) is 4.81. The van der Waals surface area contributed by atoms with Gasteiger partial charge in [-0.15, -0.1) is 0 Å². The van der Waals surface area contributed by atoms with E-state index in [1.807, 2.05) is 0 Å². The van der Waals surface area contributed by atoms with Gasteiger partial charge in [0.25, 0.3) is 0 Å². The minimum atomic E-state index is -1.07. The third-order valence-corrected chi connectivity index (χ3v) is 2.75. The first-order valence-electron chi connectivity index (χ1n) is 4.05. The van der Waals surface area contributed by atoms with E-state index >= 15 is 0 Å². The molecule has 1 aromatic carbocycles. The average Bonchev–Trinajstić information content (AvgIpc) is 2.02. The zero-order chi connectivity index (χ0) is 10.9. The van der Waals surface area contributed by atoms with E-state index in [-0.39, 0.29) is 0 Å². The summed E-state index contributed by atoms with van der Waals surface area (Å²) >= 11 is 11.8. The van der Waals surface area contributed by atoms with Crippen molar-refractivity contribution in [2.24, 2.45) is 0 Å². The monoisotopic (exact) mass is 232 g/mol. The van der Waals surface area contributed by atoms with E-state index in [9.17, 15) is 4.79 Å². The van der Waals surface area contributed by atoms with Crippen LogP contribution < -0.4 is 0 Å². The van der Waals surface area contributed by atoms with Crippen LogP contribution in [-0.4, -0.2) is 11.1 Å². The summed E-state index contributed by atoms with van der Waals surface area (Å²) in [5.41, 5.74) is -0.620. The summed E-state index contributed by atoms with van der Waals surface area (Å²) in [6, 6.07) is 4.95. The molecule has 0 atom stereocenters. The van der Waals surface area contributed by atoms with Crippen LogP contribution in [0, 0.1) is 0 Å². The third-order valence-electron chi connectivity index (χ3n) is 2.12. The zero-order valence-electron chi connectivity index (χ0n) is 7.84. The van der Waals surface area contributed by atoms with Gasteiger partial charge >= 0.3 is 5.97 Å². The molecule has 76 valence electrons. The molecule has 2 nitrogen and oxygen atoms in total. The van der Waals surface area contributed by atoms with Gasteiger partial charge in [-0.3, -0.25) is 4.79 Å². The number of carboxylic acid groups (broad SMARTS) is 1. The molecule has 0 aliphatic carbocycles. The lowest BCUT2D eigenvalue weighted by Gasteiger charge is -2.22. The van der Waals surface area contributed by atoms with E-state index in [0.717, 1.165) is 0 Å². The Morgan fingerprint density at radius 1 is 1.29 bits per heavy atom. The standard InChI is InChI=1S/C10H10Cl2O2/c1-10(2,9(13)14)8-6(11)4-3-5-7(8)12/h3-5H,1-2H3,(H,13,14). The van der Waals surface area contributed by atoms with Crippen LogP contribution in [0.5, 0.6) is 0 Å². The molecule has 0 spiro atoms. The van der Waals surface area contributed by atoms with Gasteiger partial charge in [0.05, 0.1) is 5.41 Å². The maximum absolute atomic E-state index is 11.0. The predicted molar refractivity (Wildman–Crippen MR) is 57.1 cm³/mol. The number of aliphatic carboxylic acids is 1. The molecule has 0 aliphatic heterocycles. The number of rotatable bonds is 2. The average molecular weight is 233 g/mol. The summed E-state index contributed by atoms with van der Waals surface area (Å²) in [5.74, 6) is -0.951. The highest BCUT2D eigenvalue weighted by molar-refractivity contribution is 6.36. The van der Waals surface area contributed by atoms with Crippen molar-refractivity contribution in [1.29, 1.82) is 0 Å². The van der Waals surface area contributed by atoms with Crippen molar-refractivity contribution in [2.45, 2.75) is 19.3 Å². The Hall–Kier alpha value is -0.730. The molecule has 0 radical (unpaired) electrons. The minimum absolute atomic E-state index is 0.380. The molecule has 0 fully saturated rings. The topological polar surface area (TPSA) is 37.3 Å². The molecule has 0 saturated heterocycles. The second-order valence-electron chi connectivity index (χ2n) is 3.53. The highest BCUT2D eigenvalue weighted by atomic mass is 35.5. The number of hydrogen-bond acceptors (Lipinski definition) is 1. The quantitative estimate of drug-likeness (QED) is 0.850. The fourth-order valence-electron chi connectivity index (χ4n) is 1.20. The zero-order valence-corrected chi connectivity index (χ0v) is 9.36. The van der Waals surface area contributed by atoms with Crippen LogP contribution in [0.4, 0.5) is 0 Å². The van der Waals surface area contributed by atoms with E-state index < -0.39 is 11.4 Å². The molecule has 1 rings (SSSR count). The van der Waals surface area contributed by atoms with Crippen LogP contribution in [0.1, 0.15) is 19.4 Å². The number of carbonyl (C=O) groups is 1. The predicted octanol–water partition coefficient (Wildman–Crippen LogP) is 3.36. The molecule has 1 N–H and O–H groups in total. The smallest absolute Gasteiger partial charge is 0.313 e. The van der Waals surface area contributed by atoms with Crippen molar-refractivity contribution in [1.82, 2.24) is 0 Å². The Morgan fingerprint density at radius 2 is 1.71 bits per heavy atom. The van der Waals surface area contributed by atoms with Crippen molar-refractivity contribution in [3.05, 3.63) is 33.8 Å². The third kappa shape index (κ3) is 1.86. The fourth-order valence-corrected chi connectivity index (χ4v) is 2.07. The summed E-state index contributed by atoms with van der Waals surface area (Å²) in [4.78, 5) is 11.0. The Kier molecular flexibility index (Phi) is 3.07. The van der Waals surface area contributed by atoms with Crippen molar-refractivity contribution in [3.8, 4) is 0 Å². The van der Waals surface area contributed by atoms with Crippen molar-refractivity contribution >= 4 is 29.2 Å². The van der Waals surface area contributed by atoms with Gasteiger partial charge in [-0.1, -0.05) is 29.3 Å². The molecule has 14 heavy (non-hydrogen) atoms. The van der Waals surface area contributed by atoms with Gasteiger partial charge in [0, 0.05) is 15.6 Å². The molecule has 0 saturated carbocycles. The highest BCUT2D eigenvalue weighted by Crippen LogP contribution is 2.35. The van der Waals surface area contributed by atoms with Crippen LogP contribution in [0.3, 0.4) is 0 Å². The molecular formula is C10H10Cl2O2. The Bertz CT molecular complexity index is 352. The summed E-state index contributed by atoms with van der Waals surface area (Å²) in [7, 11) is 0. The maximum atomic E-state index is 11.0. The van der Waals surface area contributed by atoms with Crippen molar-refractivity contribution in [3.63, 3.8) is 0 Å². The van der Waals surface area contributed by atoms with Crippen molar-refractivity contribution < 1.29 is 9.90 Å². The molecule has 0 amide bonds. The summed E-state index contributed by atoms with van der Waals surface area (Å²) in [6.45, 7) is 3.14. The molecule has 4 heteroatoms. The van der Waals surface area contributed by atoms with Gasteiger partial charge in [0.1, 0.15) is 0 Å². The number of hydrogen-bond donors (Lipinski definition) is 1. The largest absolute Gasteiger partial charge is 0.481 e.